The van der Waals surface area contributed by atoms with Crippen LogP contribution in [0.2, 0.25) is 0 Å². The van der Waals surface area contributed by atoms with Crippen molar-refractivity contribution in [2.24, 2.45) is 5.73 Å². The van der Waals surface area contributed by atoms with Crippen LogP contribution in [0, 0.1) is 0 Å². The Hall–Kier alpha value is -2.55. The van der Waals surface area contributed by atoms with E-state index in [0.29, 0.717) is 6.42 Å². The van der Waals surface area contributed by atoms with Crippen LogP contribution in [0.5, 0.6) is 0 Å². The van der Waals surface area contributed by atoms with Gasteiger partial charge in [-0.3, -0.25) is 18.6 Å². The van der Waals surface area contributed by atoms with Crippen LogP contribution in [0.4, 0.5) is 0 Å². The van der Waals surface area contributed by atoms with Crippen molar-refractivity contribution in [2.75, 3.05) is 26.4 Å². The van der Waals surface area contributed by atoms with Crippen molar-refractivity contribution in [3.05, 3.63) is 72.9 Å². The summed E-state index contributed by atoms with van der Waals surface area (Å²) in [6, 6.07) is 0. The summed E-state index contributed by atoms with van der Waals surface area (Å²) in [7, 11) is -4.39. The number of allylic oxidation sites excluding steroid dienone is 12. The van der Waals surface area contributed by atoms with Gasteiger partial charge < -0.3 is 20.1 Å². The summed E-state index contributed by atoms with van der Waals surface area (Å²) in [6.45, 7) is 3.59. The summed E-state index contributed by atoms with van der Waals surface area (Å²) < 4.78 is 32.9. The highest BCUT2D eigenvalue weighted by Gasteiger charge is 2.26. The molecule has 0 aromatic rings. The molecule has 3 N–H and O–H groups in total. The summed E-state index contributed by atoms with van der Waals surface area (Å²) in [5, 5.41) is 0. The minimum atomic E-state index is -4.39. The van der Waals surface area contributed by atoms with Gasteiger partial charge in [-0.05, 0) is 83.5 Å². The van der Waals surface area contributed by atoms with Gasteiger partial charge in [-0.2, -0.15) is 0 Å². The Bertz CT molecular complexity index is 1230. The second-order valence-corrected chi connectivity index (χ2v) is 17.4. The molecule has 352 valence electrons. The average Bonchev–Trinajstić information content (AvgIpc) is 3.25. The maximum absolute atomic E-state index is 12.6. The van der Waals surface area contributed by atoms with Crippen LogP contribution < -0.4 is 5.73 Å². The van der Waals surface area contributed by atoms with Crippen molar-refractivity contribution < 1.29 is 37.6 Å². The molecule has 0 aliphatic carbocycles. The van der Waals surface area contributed by atoms with Gasteiger partial charge in [-0.25, -0.2) is 4.57 Å². The van der Waals surface area contributed by atoms with Crippen LogP contribution in [-0.2, 0) is 32.7 Å². The van der Waals surface area contributed by atoms with Gasteiger partial charge in [-0.15, -0.1) is 0 Å². The summed E-state index contributed by atoms with van der Waals surface area (Å²) in [4.78, 5) is 35.0. The van der Waals surface area contributed by atoms with Gasteiger partial charge in [0.05, 0.1) is 13.2 Å². The van der Waals surface area contributed by atoms with Crippen molar-refractivity contribution in [1.82, 2.24) is 0 Å². The first-order chi connectivity index (χ1) is 29.8. The number of hydrogen-bond donors (Lipinski definition) is 2. The second kappa shape index (κ2) is 46.9. The Balaban J connectivity index is 4.12. The monoisotopic (exact) mass is 876 g/mol. The number of phosphoric acid groups is 1. The first-order valence-electron chi connectivity index (χ1n) is 24.4. The fourth-order valence-electron chi connectivity index (χ4n) is 6.48. The predicted octanol–water partition coefficient (Wildman–Crippen LogP) is 14.6. The molecule has 2 unspecified atom stereocenters. The molecule has 0 amide bonds. The van der Waals surface area contributed by atoms with Crippen molar-refractivity contribution >= 4 is 19.8 Å². The zero-order chi connectivity index (χ0) is 44.6. The average molecular weight is 876 g/mol. The lowest BCUT2D eigenvalue weighted by molar-refractivity contribution is -0.161. The molecule has 0 bridgehead atoms. The standard InChI is InChI=1S/C51H90NO8P/c1-3-5-7-9-11-13-15-17-19-21-23-24-26-27-29-31-33-35-37-39-41-43-50(53)57-47-49(48-59-61(55,56)58-46-45-52)60-51(54)44-42-40-38-36-34-32-30-28-25-22-20-18-16-14-12-10-8-6-4-2/h6,8,12,14-15,17-18,20-21,23,25,28,49H,3-5,7,9-11,13,16,19,22,24,26-27,29-48,52H2,1-2H3,(H,55,56)/b8-6-,14-12-,17-15-,20-18-,23-21-,28-25-. The highest BCUT2D eigenvalue weighted by atomic mass is 31.2. The first-order valence-corrected chi connectivity index (χ1v) is 25.9. The molecular weight excluding hydrogens is 786 g/mol. The maximum atomic E-state index is 12.6. The first kappa shape index (κ1) is 58.5. The molecule has 0 aliphatic heterocycles. The summed E-state index contributed by atoms with van der Waals surface area (Å²) in [5.41, 5.74) is 5.36. The molecule has 9 nitrogen and oxygen atoms in total. The SMILES string of the molecule is CC/C=C\C/C=C\C/C=C\C/C=C\CCCCCCCCC(=O)OC(COC(=O)CCCCCCCCCCC/C=C\C/C=C\CCCCCCC)COP(=O)(O)OCCN. The van der Waals surface area contributed by atoms with E-state index in [0.717, 1.165) is 103 Å². The number of phosphoric ester groups is 1. The van der Waals surface area contributed by atoms with Crippen molar-refractivity contribution in [2.45, 2.75) is 213 Å². The highest BCUT2D eigenvalue weighted by Crippen LogP contribution is 2.43. The molecule has 0 rings (SSSR count). The van der Waals surface area contributed by atoms with Gasteiger partial charge in [0, 0.05) is 19.4 Å². The van der Waals surface area contributed by atoms with Gasteiger partial charge in [0.2, 0.25) is 0 Å². The second-order valence-electron chi connectivity index (χ2n) is 15.9. The fourth-order valence-corrected chi connectivity index (χ4v) is 7.24. The molecule has 0 saturated heterocycles. The third-order valence-electron chi connectivity index (χ3n) is 10.1. The minimum absolute atomic E-state index is 0.0468. The number of unbranched alkanes of at least 4 members (excludes halogenated alkanes) is 20. The van der Waals surface area contributed by atoms with E-state index in [-0.39, 0.29) is 32.6 Å². The Labute approximate surface area is 373 Å². The van der Waals surface area contributed by atoms with Crippen LogP contribution in [0.1, 0.15) is 206 Å². The zero-order valence-electron chi connectivity index (χ0n) is 38.9. The van der Waals surface area contributed by atoms with E-state index in [1.54, 1.807) is 0 Å². The molecule has 0 saturated carbocycles. The number of esters is 2. The predicted molar refractivity (Wildman–Crippen MR) is 256 cm³/mol. The maximum Gasteiger partial charge on any atom is 0.472 e. The van der Waals surface area contributed by atoms with Crippen LogP contribution in [-0.4, -0.2) is 49.3 Å². The summed E-state index contributed by atoms with van der Waals surface area (Å²) >= 11 is 0. The van der Waals surface area contributed by atoms with E-state index in [9.17, 15) is 19.0 Å². The Morgan fingerprint density at radius 1 is 0.508 bits per heavy atom. The number of hydrogen-bond acceptors (Lipinski definition) is 8. The fraction of sp³-hybridized carbons (Fsp3) is 0.725. The Morgan fingerprint density at radius 2 is 0.902 bits per heavy atom. The number of carbonyl (C=O) groups is 2. The lowest BCUT2D eigenvalue weighted by atomic mass is 10.1. The smallest absolute Gasteiger partial charge is 0.462 e. The lowest BCUT2D eigenvalue weighted by Gasteiger charge is -2.19. The number of ether oxygens (including phenoxy) is 2. The van der Waals surface area contributed by atoms with Crippen LogP contribution in [0.25, 0.3) is 0 Å². The van der Waals surface area contributed by atoms with Crippen LogP contribution >= 0.6 is 7.82 Å². The largest absolute Gasteiger partial charge is 0.472 e. The van der Waals surface area contributed by atoms with Gasteiger partial charge in [0.15, 0.2) is 6.10 Å². The Morgan fingerprint density at radius 3 is 1.34 bits per heavy atom. The molecule has 0 aromatic carbocycles. The van der Waals surface area contributed by atoms with Crippen molar-refractivity contribution in [1.29, 1.82) is 0 Å². The minimum Gasteiger partial charge on any atom is -0.462 e. The van der Waals surface area contributed by atoms with E-state index >= 15 is 0 Å². The van der Waals surface area contributed by atoms with Gasteiger partial charge in [0.1, 0.15) is 6.61 Å². The molecule has 2 atom stereocenters. The normalized spacial score (nSPS) is 13.8. The molecule has 0 fully saturated rings. The quantitative estimate of drug-likeness (QED) is 0.0265. The third-order valence-corrected chi connectivity index (χ3v) is 11.1. The molecule has 0 radical (unpaired) electrons. The number of rotatable bonds is 45. The van der Waals surface area contributed by atoms with Crippen LogP contribution in [0.3, 0.4) is 0 Å². The molecule has 0 aliphatic rings. The van der Waals surface area contributed by atoms with Crippen molar-refractivity contribution in [3.8, 4) is 0 Å². The topological polar surface area (TPSA) is 134 Å². The molecular formula is C51H90NO8P. The number of carbonyl (C=O) groups excluding carboxylic acids is 2. The van der Waals surface area contributed by atoms with Gasteiger partial charge >= 0.3 is 19.8 Å². The van der Waals surface area contributed by atoms with E-state index in [1.165, 1.54) is 70.6 Å². The molecule has 0 aromatic heterocycles. The number of nitrogens with two attached hydrogens (primary N) is 1. The highest BCUT2D eigenvalue weighted by molar-refractivity contribution is 7.47. The lowest BCUT2D eigenvalue weighted by Crippen LogP contribution is -2.29. The molecule has 0 spiro atoms. The van der Waals surface area contributed by atoms with E-state index in [4.69, 9.17) is 24.3 Å². The van der Waals surface area contributed by atoms with Crippen LogP contribution in [0.15, 0.2) is 72.9 Å². The Kier molecular flexibility index (Phi) is 45.0. The summed E-state index contributed by atoms with van der Waals surface area (Å²) in [6.07, 6.45) is 57.9. The van der Waals surface area contributed by atoms with E-state index in [1.807, 2.05) is 0 Å². The van der Waals surface area contributed by atoms with Crippen molar-refractivity contribution in [3.63, 3.8) is 0 Å². The molecule has 0 heterocycles. The molecule has 10 heteroatoms. The van der Waals surface area contributed by atoms with Gasteiger partial charge in [-0.1, -0.05) is 183 Å². The molecule has 61 heavy (non-hydrogen) atoms. The van der Waals surface area contributed by atoms with Gasteiger partial charge in [0.25, 0.3) is 0 Å². The van der Waals surface area contributed by atoms with E-state index < -0.39 is 32.5 Å². The van der Waals surface area contributed by atoms with E-state index in [2.05, 4.69) is 86.8 Å². The summed E-state index contributed by atoms with van der Waals surface area (Å²) in [5.74, 6) is -0.851. The third kappa shape index (κ3) is 46.8. The zero-order valence-corrected chi connectivity index (χ0v) is 39.8.